The largest absolute Gasteiger partial charge is 0.468 e. The number of rotatable bonds is 6. The Hall–Kier alpha value is -4.22. The quantitative estimate of drug-likeness (QED) is 0.463. The van der Waals surface area contributed by atoms with Gasteiger partial charge in [0, 0.05) is 0 Å². The zero-order valence-corrected chi connectivity index (χ0v) is 18.4. The first kappa shape index (κ1) is 23.4. The van der Waals surface area contributed by atoms with Crippen LogP contribution in [0.1, 0.15) is 20.8 Å². The summed E-state index contributed by atoms with van der Waals surface area (Å²) < 4.78 is 10.0. The Morgan fingerprint density at radius 2 is 1.82 bits per heavy atom. The van der Waals surface area contributed by atoms with E-state index < -0.39 is 46.7 Å². The fourth-order valence-corrected chi connectivity index (χ4v) is 4.14. The maximum atomic E-state index is 13.7. The molecule has 0 aliphatic carbocycles. The van der Waals surface area contributed by atoms with Gasteiger partial charge in [-0.1, -0.05) is 18.2 Å². The molecule has 2 unspecified atom stereocenters. The second kappa shape index (κ2) is 8.73. The summed E-state index contributed by atoms with van der Waals surface area (Å²) >= 11 is 0. The molecule has 0 bridgehead atoms. The molecule has 12 heteroatoms. The van der Waals surface area contributed by atoms with Crippen molar-refractivity contribution in [1.29, 1.82) is 0 Å². The van der Waals surface area contributed by atoms with E-state index in [1.165, 1.54) is 20.8 Å². The van der Waals surface area contributed by atoms with Crippen LogP contribution in [-0.4, -0.2) is 54.2 Å². The maximum Gasteiger partial charge on any atom is 0.337 e. The fraction of sp³-hybridized carbons (Fsp3) is 0.333. The summed E-state index contributed by atoms with van der Waals surface area (Å²) in [7, 11) is 1.01. The molecule has 1 aromatic carbocycles. The van der Waals surface area contributed by atoms with Crippen molar-refractivity contribution in [3.63, 3.8) is 0 Å². The molecule has 2 heterocycles. The molecule has 174 valence electrons. The highest BCUT2D eigenvalue weighted by Gasteiger charge is 2.69. The van der Waals surface area contributed by atoms with Gasteiger partial charge in [0.15, 0.2) is 5.41 Å². The molecular formula is C21H23N5O7. The summed E-state index contributed by atoms with van der Waals surface area (Å²) in [6.07, 6.45) is 0. The van der Waals surface area contributed by atoms with Crippen molar-refractivity contribution in [3.8, 4) is 0 Å². The van der Waals surface area contributed by atoms with Crippen molar-refractivity contribution in [3.05, 3.63) is 41.6 Å². The second-order valence-corrected chi connectivity index (χ2v) is 7.26. The first-order valence-electron chi connectivity index (χ1n) is 9.94. The molecule has 1 aromatic rings. The molecule has 3 rings (SSSR count). The van der Waals surface area contributed by atoms with Crippen LogP contribution < -0.4 is 16.2 Å². The lowest BCUT2D eigenvalue weighted by Gasteiger charge is -2.31. The number of primary amides is 1. The minimum Gasteiger partial charge on any atom is -0.468 e. The molecule has 2 atom stereocenters. The average Bonchev–Trinajstić information content (AvgIpc) is 3.19. The lowest BCUT2D eigenvalue weighted by Crippen LogP contribution is -2.57. The number of esters is 2. The van der Waals surface area contributed by atoms with Gasteiger partial charge in [0.1, 0.15) is 5.92 Å². The number of para-hydroxylation sites is 1. The van der Waals surface area contributed by atoms with Crippen LogP contribution in [0.4, 0.5) is 10.5 Å². The molecule has 4 amide bonds. The standard InChI is InChI=1S/C21H23N5O7/c1-5-33-17(28)15-12(3)25(24-20(22)31)18(29)21(15,19(30)32-4)14-11(2)23-26(16(14)27)13-9-7-6-8-10-13/h6-10,14H,5H2,1-4H3,(H3,22,24,31). The molecule has 0 aromatic heterocycles. The van der Waals surface area contributed by atoms with Gasteiger partial charge in [0.05, 0.1) is 36.4 Å². The predicted molar refractivity (Wildman–Crippen MR) is 114 cm³/mol. The van der Waals surface area contributed by atoms with Gasteiger partial charge in [0.2, 0.25) is 0 Å². The van der Waals surface area contributed by atoms with E-state index in [-0.39, 0.29) is 18.0 Å². The zero-order chi connectivity index (χ0) is 24.5. The topological polar surface area (TPSA) is 161 Å². The van der Waals surface area contributed by atoms with Gasteiger partial charge in [0.25, 0.3) is 11.8 Å². The number of anilines is 1. The second-order valence-electron chi connectivity index (χ2n) is 7.26. The molecule has 2 aliphatic rings. The Morgan fingerprint density at radius 1 is 1.18 bits per heavy atom. The van der Waals surface area contributed by atoms with Gasteiger partial charge >= 0.3 is 18.0 Å². The number of carbonyl (C=O) groups excluding carboxylic acids is 5. The minimum atomic E-state index is -2.50. The normalized spacial score (nSPS) is 22.4. The SMILES string of the molecule is CCOC(=O)C1=C(C)N(NC(N)=O)C(=O)C1(C(=O)OC)C1C(=O)N(c2ccccc2)N=C1C. The maximum absolute atomic E-state index is 13.7. The van der Waals surface area contributed by atoms with Gasteiger partial charge in [-0.2, -0.15) is 5.10 Å². The average molecular weight is 457 g/mol. The van der Waals surface area contributed by atoms with Crippen LogP contribution in [0.25, 0.3) is 0 Å². The number of benzene rings is 1. The highest BCUT2D eigenvalue weighted by molar-refractivity contribution is 6.27. The molecule has 3 N–H and O–H groups in total. The Labute approximate surface area is 188 Å². The third-order valence-electron chi connectivity index (χ3n) is 5.41. The Balaban J connectivity index is 2.26. The van der Waals surface area contributed by atoms with Crippen LogP contribution in [0.15, 0.2) is 46.7 Å². The highest BCUT2D eigenvalue weighted by Crippen LogP contribution is 2.50. The summed E-state index contributed by atoms with van der Waals surface area (Å²) in [4.78, 5) is 65.1. The number of hydrazine groups is 1. The van der Waals surface area contributed by atoms with E-state index in [4.69, 9.17) is 15.2 Å². The number of hydrogen-bond acceptors (Lipinski definition) is 8. The Morgan fingerprint density at radius 3 is 2.36 bits per heavy atom. The van der Waals surface area contributed by atoms with Crippen molar-refractivity contribution in [1.82, 2.24) is 10.4 Å². The first-order valence-corrected chi connectivity index (χ1v) is 9.94. The third-order valence-corrected chi connectivity index (χ3v) is 5.41. The number of hydrazone groups is 1. The Kier molecular flexibility index (Phi) is 6.20. The van der Waals surface area contributed by atoms with Gasteiger partial charge in [-0.15, -0.1) is 0 Å². The van der Waals surface area contributed by atoms with Crippen LogP contribution in [0, 0.1) is 11.3 Å². The molecule has 0 saturated carbocycles. The number of nitrogens with one attached hydrogen (secondary N) is 1. The van der Waals surface area contributed by atoms with Crippen molar-refractivity contribution >= 4 is 41.2 Å². The molecular weight excluding hydrogens is 434 g/mol. The van der Waals surface area contributed by atoms with Crippen molar-refractivity contribution in [2.24, 2.45) is 22.2 Å². The number of methoxy groups -OCH3 is 1. The van der Waals surface area contributed by atoms with Crippen LogP contribution in [0.3, 0.4) is 0 Å². The van der Waals surface area contributed by atoms with E-state index >= 15 is 0 Å². The van der Waals surface area contributed by atoms with E-state index in [2.05, 4.69) is 10.5 Å². The fourth-order valence-electron chi connectivity index (χ4n) is 4.14. The summed E-state index contributed by atoms with van der Waals surface area (Å²) in [5.74, 6) is -5.61. The number of allylic oxidation sites excluding steroid dienone is 1. The molecule has 0 spiro atoms. The lowest BCUT2D eigenvalue weighted by molar-refractivity contribution is -0.164. The van der Waals surface area contributed by atoms with E-state index in [9.17, 15) is 24.0 Å². The summed E-state index contributed by atoms with van der Waals surface area (Å²) in [6, 6.07) is 7.22. The van der Waals surface area contributed by atoms with E-state index in [1.54, 1.807) is 30.3 Å². The summed E-state index contributed by atoms with van der Waals surface area (Å²) in [6.45, 7) is 4.22. The first-order chi connectivity index (χ1) is 15.6. The van der Waals surface area contributed by atoms with Crippen LogP contribution in [0.2, 0.25) is 0 Å². The van der Waals surface area contributed by atoms with Crippen LogP contribution >= 0.6 is 0 Å². The molecule has 33 heavy (non-hydrogen) atoms. The smallest absolute Gasteiger partial charge is 0.337 e. The van der Waals surface area contributed by atoms with E-state index in [0.29, 0.717) is 10.7 Å². The van der Waals surface area contributed by atoms with E-state index in [1.807, 2.05) is 0 Å². The molecule has 0 fully saturated rings. The third kappa shape index (κ3) is 3.49. The van der Waals surface area contributed by atoms with Gasteiger partial charge in [-0.25, -0.2) is 25.0 Å². The van der Waals surface area contributed by atoms with Gasteiger partial charge < -0.3 is 15.2 Å². The summed E-state index contributed by atoms with van der Waals surface area (Å²) in [5, 5.41) is 5.94. The number of ether oxygens (including phenoxy) is 2. The monoisotopic (exact) mass is 457 g/mol. The number of nitrogens with zero attached hydrogens (tertiary/aromatic N) is 3. The molecule has 0 radical (unpaired) electrons. The number of urea groups is 1. The minimum absolute atomic E-state index is 0.0773. The van der Waals surface area contributed by atoms with Crippen molar-refractivity contribution < 1.29 is 33.4 Å². The predicted octanol–water partition coefficient (Wildman–Crippen LogP) is 0.447. The Bertz CT molecular complexity index is 1100. The highest BCUT2D eigenvalue weighted by atomic mass is 16.5. The number of hydrogen-bond donors (Lipinski definition) is 2. The lowest BCUT2D eigenvalue weighted by atomic mass is 9.68. The van der Waals surface area contributed by atoms with Gasteiger partial charge in [-0.05, 0) is 32.9 Å². The van der Waals surface area contributed by atoms with Crippen molar-refractivity contribution in [2.75, 3.05) is 18.7 Å². The number of carbonyl (C=O) groups is 5. The van der Waals surface area contributed by atoms with Gasteiger partial charge in [-0.3, -0.25) is 14.4 Å². The molecule has 0 saturated heterocycles. The van der Waals surface area contributed by atoms with Crippen LogP contribution in [-0.2, 0) is 28.7 Å². The van der Waals surface area contributed by atoms with Crippen LogP contribution in [0.5, 0.6) is 0 Å². The zero-order valence-electron chi connectivity index (χ0n) is 18.4. The molecule has 2 aliphatic heterocycles. The summed E-state index contributed by atoms with van der Waals surface area (Å²) in [5.41, 5.74) is 4.65. The van der Waals surface area contributed by atoms with E-state index in [0.717, 1.165) is 12.1 Å². The number of nitrogens with two attached hydrogens (primary N) is 1. The molecule has 12 nitrogen and oxygen atoms in total. The van der Waals surface area contributed by atoms with Crippen molar-refractivity contribution in [2.45, 2.75) is 20.8 Å². The number of amides is 4.